The van der Waals surface area contributed by atoms with Crippen LogP contribution in [0, 0.1) is 5.92 Å². The minimum atomic E-state index is -0.208. The predicted molar refractivity (Wildman–Crippen MR) is 74.7 cm³/mol. The second-order valence-electron chi connectivity index (χ2n) is 5.13. The zero-order valence-electron chi connectivity index (χ0n) is 11.7. The largest absolute Gasteiger partial charge is 0.493 e. The molecule has 1 aromatic carbocycles. The minimum Gasteiger partial charge on any atom is -0.493 e. The van der Waals surface area contributed by atoms with Gasteiger partial charge in [-0.05, 0) is 31.0 Å². The van der Waals surface area contributed by atoms with Crippen LogP contribution in [-0.2, 0) is 0 Å². The second kappa shape index (κ2) is 6.78. The Kier molecular flexibility index (Phi) is 5.05. The molecule has 0 radical (unpaired) electrons. The van der Waals surface area contributed by atoms with Gasteiger partial charge in [0.15, 0.2) is 11.5 Å². The Morgan fingerprint density at radius 2 is 2.05 bits per heavy atom. The van der Waals surface area contributed by atoms with E-state index < -0.39 is 0 Å². The third kappa shape index (κ3) is 3.85. The highest BCUT2D eigenvalue weighted by molar-refractivity contribution is 5.39. The summed E-state index contributed by atoms with van der Waals surface area (Å²) in [6.07, 6.45) is 0.843. The number of hydrogen-bond donors (Lipinski definition) is 1. The zero-order chi connectivity index (χ0) is 13.7. The first-order chi connectivity index (χ1) is 9.20. The van der Waals surface area contributed by atoms with Crippen LogP contribution in [0.3, 0.4) is 0 Å². The van der Waals surface area contributed by atoms with Crippen LogP contribution in [-0.4, -0.2) is 49.5 Å². The van der Waals surface area contributed by atoms with Crippen molar-refractivity contribution in [3.05, 3.63) is 24.3 Å². The summed E-state index contributed by atoms with van der Waals surface area (Å²) in [6.45, 7) is 5.33. The number of hydrogen-bond acceptors (Lipinski definition) is 4. The lowest BCUT2D eigenvalue weighted by Crippen LogP contribution is -2.44. The normalized spacial score (nSPS) is 24.2. The number of aliphatic hydroxyl groups is 1. The van der Waals surface area contributed by atoms with E-state index in [0.717, 1.165) is 37.6 Å². The number of para-hydroxylation sites is 2. The van der Waals surface area contributed by atoms with Gasteiger partial charge < -0.3 is 14.6 Å². The van der Waals surface area contributed by atoms with Crippen molar-refractivity contribution in [1.29, 1.82) is 0 Å². The van der Waals surface area contributed by atoms with Gasteiger partial charge in [-0.2, -0.15) is 0 Å². The molecule has 1 heterocycles. The van der Waals surface area contributed by atoms with Crippen molar-refractivity contribution >= 4 is 0 Å². The molecule has 1 aliphatic rings. The summed E-state index contributed by atoms with van der Waals surface area (Å²) in [5.74, 6) is 1.94. The number of nitrogens with zero attached hydrogens (tertiary/aromatic N) is 1. The van der Waals surface area contributed by atoms with Crippen LogP contribution in [0.15, 0.2) is 24.3 Å². The molecule has 4 heteroatoms. The molecule has 0 aliphatic carbocycles. The Labute approximate surface area is 114 Å². The molecule has 4 nitrogen and oxygen atoms in total. The van der Waals surface area contributed by atoms with E-state index in [-0.39, 0.29) is 6.10 Å². The maximum Gasteiger partial charge on any atom is 0.161 e. The molecule has 0 spiro atoms. The molecule has 1 N–H and O–H groups in total. The van der Waals surface area contributed by atoms with E-state index in [4.69, 9.17) is 9.47 Å². The van der Waals surface area contributed by atoms with Crippen molar-refractivity contribution < 1.29 is 14.6 Å². The molecule has 1 saturated heterocycles. The third-order valence-corrected chi connectivity index (χ3v) is 3.74. The van der Waals surface area contributed by atoms with Crippen molar-refractivity contribution in [1.82, 2.24) is 4.90 Å². The summed E-state index contributed by atoms with van der Waals surface area (Å²) in [5, 5.41) is 9.84. The van der Waals surface area contributed by atoms with Crippen LogP contribution in [0.5, 0.6) is 11.5 Å². The predicted octanol–water partition coefficient (Wildman–Crippen LogP) is 1.78. The van der Waals surface area contributed by atoms with Gasteiger partial charge in [0, 0.05) is 13.1 Å². The van der Waals surface area contributed by atoms with E-state index in [1.54, 1.807) is 7.11 Å². The first-order valence-electron chi connectivity index (χ1n) is 6.87. The van der Waals surface area contributed by atoms with Gasteiger partial charge in [-0.1, -0.05) is 19.1 Å². The van der Waals surface area contributed by atoms with Gasteiger partial charge in [-0.3, -0.25) is 4.90 Å². The molecule has 0 amide bonds. The monoisotopic (exact) mass is 265 g/mol. The first kappa shape index (κ1) is 14.2. The topological polar surface area (TPSA) is 41.9 Å². The van der Waals surface area contributed by atoms with Crippen molar-refractivity contribution in [2.75, 3.05) is 33.4 Å². The lowest BCUT2D eigenvalue weighted by molar-refractivity contribution is 0.0243. The molecule has 2 rings (SSSR count). The molecule has 2 atom stereocenters. The summed E-state index contributed by atoms with van der Waals surface area (Å²) in [7, 11) is 1.64. The molecule has 1 fully saturated rings. The van der Waals surface area contributed by atoms with Gasteiger partial charge in [0.25, 0.3) is 0 Å². The first-order valence-corrected chi connectivity index (χ1v) is 6.87. The number of benzene rings is 1. The molecule has 1 aliphatic heterocycles. The average molecular weight is 265 g/mol. The maximum absolute atomic E-state index is 9.84. The van der Waals surface area contributed by atoms with Crippen LogP contribution in [0.1, 0.15) is 13.3 Å². The Balaban J connectivity index is 1.77. The Morgan fingerprint density at radius 1 is 1.32 bits per heavy atom. The summed E-state index contributed by atoms with van der Waals surface area (Å²) >= 11 is 0. The fourth-order valence-electron chi connectivity index (χ4n) is 2.34. The van der Waals surface area contributed by atoms with Crippen LogP contribution in [0.4, 0.5) is 0 Å². The van der Waals surface area contributed by atoms with Gasteiger partial charge in [-0.25, -0.2) is 0 Å². The second-order valence-corrected chi connectivity index (χ2v) is 5.13. The number of ether oxygens (including phenoxy) is 2. The van der Waals surface area contributed by atoms with E-state index in [1.165, 1.54) is 0 Å². The van der Waals surface area contributed by atoms with E-state index in [2.05, 4.69) is 11.8 Å². The lowest BCUT2D eigenvalue weighted by atomic mass is 9.96. The molecule has 2 unspecified atom stereocenters. The van der Waals surface area contributed by atoms with Crippen LogP contribution in [0.25, 0.3) is 0 Å². The quantitative estimate of drug-likeness (QED) is 0.881. The number of piperidine rings is 1. The standard InChI is InChI=1S/C15H23NO3/c1-12-7-8-16(11-13(12)17)9-10-19-15-6-4-3-5-14(15)18-2/h3-6,12-13,17H,7-11H2,1-2H3. The van der Waals surface area contributed by atoms with E-state index in [9.17, 15) is 5.11 Å². The highest BCUT2D eigenvalue weighted by atomic mass is 16.5. The number of aliphatic hydroxyl groups excluding tert-OH is 1. The fraction of sp³-hybridized carbons (Fsp3) is 0.600. The smallest absolute Gasteiger partial charge is 0.161 e. The summed E-state index contributed by atoms with van der Waals surface area (Å²) in [5.41, 5.74) is 0. The molecule has 106 valence electrons. The number of rotatable bonds is 5. The number of methoxy groups -OCH3 is 1. The summed E-state index contributed by atoms with van der Waals surface area (Å²) < 4.78 is 11.0. The molecular weight excluding hydrogens is 242 g/mol. The van der Waals surface area contributed by atoms with Gasteiger partial charge in [0.05, 0.1) is 13.2 Å². The van der Waals surface area contributed by atoms with Crippen molar-refractivity contribution in [2.45, 2.75) is 19.4 Å². The molecule has 0 saturated carbocycles. The van der Waals surface area contributed by atoms with Crippen molar-refractivity contribution in [3.63, 3.8) is 0 Å². The Bertz CT molecular complexity index is 397. The van der Waals surface area contributed by atoms with E-state index in [0.29, 0.717) is 12.5 Å². The van der Waals surface area contributed by atoms with Gasteiger partial charge in [-0.15, -0.1) is 0 Å². The molecule has 0 bridgehead atoms. The molecule has 0 aromatic heterocycles. The van der Waals surface area contributed by atoms with E-state index >= 15 is 0 Å². The molecular formula is C15H23NO3. The van der Waals surface area contributed by atoms with Crippen LogP contribution in [0.2, 0.25) is 0 Å². The average Bonchev–Trinajstić information content (AvgIpc) is 2.43. The minimum absolute atomic E-state index is 0.208. The SMILES string of the molecule is COc1ccccc1OCCN1CCC(C)C(O)C1. The number of β-amino-alcohol motifs (C(OH)–C–C–N with tert-alkyl or cyclic N) is 1. The lowest BCUT2D eigenvalue weighted by Gasteiger charge is -2.34. The maximum atomic E-state index is 9.84. The van der Waals surface area contributed by atoms with Crippen LogP contribution >= 0.6 is 0 Å². The summed E-state index contributed by atoms with van der Waals surface area (Å²) in [6, 6.07) is 7.66. The fourth-order valence-corrected chi connectivity index (χ4v) is 2.34. The van der Waals surface area contributed by atoms with Gasteiger partial charge >= 0.3 is 0 Å². The van der Waals surface area contributed by atoms with E-state index in [1.807, 2.05) is 24.3 Å². The third-order valence-electron chi connectivity index (χ3n) is 3.74. The van der Waals surface area contributed by atoms with Gasteiger partial charge in [0.2, 0.25) is 0 Å². The Hall–Kier alpha value is -1.26. The van der Waals surface area contributed by atoms with Crippen molar-refractivity contribution in [3.8, 4) is 11.5 Å². The highest BCUT2D eigenvalue weighted by Crippen LogP contribution is 2.25. The molecule has 19 heavy (non-hydrogen) atoms. The molecule has 1 aromatic rings. The van der Waals surface area contributed by atoms with Crippen molar-refractivity contribution in [2.24, 2.45) is 5.92 Å². The van der Waals surface area contributed by atoms with Crippen LogP contribution < -0.4 is 9.47 Å². The zero-order valence-corrected chi connectivity index (χ0v) is 11.7. The highest BCUT2D eigenvalue weighted by Gasteiger charge is 2.23. The summed E-state index contributed by atoms with van der Waals surface area (Å²) in [4.78, 5) is 2.25. The Morgan fingerprint density at radius 3 is 2.74 bits per heavy atom. The van der Waals surface area contributed by atoms with Gasteiger partial charge in [0.1, 0.15) is 6.61 Å². The number of likely N-dealkylation sites (tertiary alicyclic amines) is 1.